The minimum Gasteiger partial charge on any atom is -0.368 e. The van der Waals surface area contributed by atoms with Gasteiger partial charge in [-0.05, 0) is 36.4 Å². The summed E-state index contributed by atoms with van der Waals surface area (Å²) in [6.07, 6.45) is 0. The molecule has 132 valence electrons. The lowest BCUT2D eigenvalue weighted by Gasteiger charge is -2.02. The highest BCUT2D eigenvalue weighted by Crippen LogP contribution is 2.26. The largest absolute Gasteiger partial charge is 0.368 e. The predicted molar refractivity (Wildman–Crippen MR) is 100 cm³/mol. The molecule has 0 aliphatic heterocycles. The quantitative estimate of drug-likeness (QED) is 0.485. The van der Waals surface area contributed by atoms with Gasteiger partial charge in [-0.15, -0.1) is 5.10 Å². The first-order valence-corrected chi connectivity index (χ1v) is 9.75. The molecule has 0 saturated carbocycles. The summed E-state index contributed by atoms with van der Waals surface area (Å²) in [4.78, 5) is 8.68. The zero-order valence-electron chi connectivity index (χ0n) is 13.2. The summed E-state index contributed by atoms with van der Waals surface area (Å²) < 4.78 is 25.0. The van der Waals surface area contributed by atoms with Gasteiger partial charge in [0.25, 0.3) is 0 Å². The molecule has 5 N–H and O–H groups in total. The third kappa shape index (κ3) is 3.10. The Hall–Kier alpha value is -3.02. The molecule has 2 aromatic heterocycles. The first-order chi connectivity index (χ1) is 12.4. The number of nitrogens with two attached hydrogens (primary N) is 2. The number of anilines is 3. The van der Waals surface area contributed by atoms with E-state index in [0.29, 0.717) is 10.8 Å². The van der Waals surface area contributed by atoms with Crippen LogP contribution in [-0.4, -0.2) is 28.2 Å². The summed E-state index contributed by atoms with van der Waals surface area (Å²) in [5.74, 6) is 0.456. The molecule has 26 heavy (non-hydrogen) atoms. The second kappa shape index (κ2) is 6.05. The van der Waals surface area contributed by atoms with Crippen molar-refractivity contribution in [3.63, 3.8) is 0 Å². The predicted octanol–water partition coefficient (Wildman–Crippen LogP) is 1.85. The molecule has 0 bridgehead atoms. The van der Waals surface area contributed by atoms with Gasteiger partial charge in [0.15, 0.2) is 0 Å². The Morgan fingerprint density at radius 1 is 1.04 bits per heavy atom. The molecule has 4 rings (SSSR count). The number of thiazole rings is 1. The monoisotopic (exact) mass is 387 g/mol. The fourth-order valence-corrected chi connectivity index (χ4v) is 3.77. The Balaban J connectivity index is 1.62. The number of nitrogens with one attached hydrogen (secondary N) is 1. The Morgan fingerprint density at radius 2 is 1.77 bits per heavy atom. The number of nitrogens with zero attached hydrogens (tertiary/aromatic N) is 4. The van der Waals surface area contributed by atoms with Gasteiger partial charge in [0.2, 0.25) is 27.1 Å². The lowest BCUT2D eigenvalue weighted by molar-refractivity contribution is 0.598. The van der Waals surface area contributed by atoms with Crippen LogP contribution >= 0.6 is 11.3 Å². The molecule has 0 aliphatic rings. The maximum atomic E-state index is 11.3. The highest BCUT2D eigenvalue weighted by atomic mass is 32.2. The van der Waals surface area contributed by atoms with Crippen LogP contribution in [0.25, 0.3) is 15.3 Å². The highest BCUT2D eigenvalue weighted by Gasteiger charge is 2.13. The van der Waals surface area contributed by atoms with E-state index >= 15 is 0 Å². The Labute approximate surface area is 152 Å². The van der Waals surface area contributed by atoms with Gasteiger partial charge in [0, 0.05) is 5.69 Å². The number of para-hydroxylation sites is 1. The van der Waals surface area contributed by atoms with E-state index in [2.05, 4.69) is 20.4 Å². The molecular formula is C15H13N7O2S2. The van der Waals surface area contributed by atoms with Crippen LogP contribution in [0.5, 0.6) is 0 Å². The van der Waals surface area contributed by atoms with Crippen molar-refractivity contribution in [2.75, 3.05) is 11.1 Å². The van der Waals surface area contributed by atoms with Crippen molar-refractivity contribution in [3.8, 4) is 5.13 Å². The van der Waals surface area contributed by atoms with Gasteiger partial charge in [0.1, 0.15) is 0 Å². The van der Waals surface area contributed by atoms with E-state index in [1.807, 2.05) is 24.3 Å². The van der Waals surface area contributed by atoms with Crippen LogP contribution in [-0.2, 0) is 10.0 Å². The Morgan fingerprint density at radius 3 is 2.46 bits per heavy atom. The van der Waals surface area contributed by atoms with Gasteiger partial charge < -0.3 is 11.1 Å². The van der Waals surface area contributed by atoms with Crippen molar-refractivity contribution in [3.05, 3.63) is 48.5 Å². The third-order valence-corrected chi connectivity index (χ3v) is 5.48. The molecule has 0 atom stereocenters. The lowest BCUT2D eigenvalue weighted by Crippen LogP contribution is -2.11. The van der Waals surface area contributed by atoms with Crippen molar-refractivity contribution in [2.45, 2.75) is 4.90 Å². The molecule has 0 unspecified atom stereocenters. The summed E-state index contributed by atoms with van der Waals surface area (Å²) >= 11 is 1.45. The van der Waals surface area contributed by atoms with Crippen LogP contribution in [0.4, 0.5) is 17.6 Å². The molecule has 2 aromatic carbocycles. The van der Waals surface area contributed by atoms with Gasteiger partial charge in [-0.3, -0.25) is 0 Å². The van der Waals surface area contributed by atoms with Crippen molar-refractivity contribution in [1.82, 2.24) is 19.7 Å². The summed E-state index contributed by atoms with van der Waals surface area (Å²) in [6, 6.07) is 13.6. The number of rotatable bonds is 4. The fourth-order valence-electron chi connectivity index (χ4n) is 2.33. The highest BCUT2D eigenvalue weighted by molar-refractivity contribution is 7.89. The number of hydrogen-bond donors (Lipinski definition) is 3. The van der Waals surface area contributed by atoms with Gasteiger partial charge in [0.05, 0.1) is 15.1 Å². The molecule has 4 aromatic rings. The second-order valence-electron chi connectivity index (χ2n) is 5.36. The fraction of sp³-hybridized carbons (Fsp3) is 0. The van der Waals surface area contributed by atoms with Crippen LogP contribution in [0.2, 0.25) is 0 Å². The first kappa shape index (κ1) is 16.4. The number of hydrogen-bond acceptors (Lipinski definition) is 8. The van der Waals surface area contributed by atoms with E-state index in [0.717, 1.165) is 10.2 Å². The first-order valence-electron chi connectivity index (χ1n) is 7.38. The molecule has 0 saturated heterocycles. The van der Waals surface area contributed by atoms with Gasteiger partial charge in [-0.25, -0.2) is 18.5 Å². The maximum Gasteiger partial charge on any atom is 0.248 e. The molecular weight excluding hydrogens is 374 g/mol. The number of fused-ring (bicyclic) bond motifs is 1. The number of aromatic nitrogens is 4. The van der Waals surface area contributed by atoms with Crippen molar-refractivity contribution in [1.29, 1.82) is 0 Å². The van der Waals surface area contributed by atoms with Crippen molar-refractivity contribution >= 4 is 49.2 Å². The van der Waals surface area contributed by atoms with Crippen molar-refractivity contribution in [2.24, 2.45) is 5.14 Å². The molecule has 0 radical (unpaired) electrons. The number of nitrogen functional groups attached to an aromatic ring is 1. The topological polar surface area (TPSA) is 142 Å². The summed E-state index contributed by atoms with van der Waals surface area (Å²) in [5.41, 5.74) is 7.40. The minimum atomic E-state index is -3.73. The molecule has 0 spiro atoms. The van der Waals surface area contributed by atoms with Gasteiger partial charge >= 0.3 is 0 Å². The average Bonchev–Trinajstić information content (AvgIpc) is 3.17. The molecule has 0 amide bonds. The molecule has 9 nitrogen and oxygen atoms in total. The van der Waals surface area contributed by atoms with E-state index in [-0.39, 0.29) is 16.8 Å². The lowest BCUT2D eigenvalue weighted by atomic mass is 10.3. The van der Waals surface area contributed by atoms with E-state index in [1.165, 1.54) is 28.2 Å². The molecule has 2 heterocycles. The van der Waals surface area contributed by atoms with Gasteiger partial charge in [-0.2, -0.15) is 9.67 Å². The van der Waals surface area contributed by atoms with Crippen LogP contribution in [0.3, 0.4) is 0 Å². The van der Waals surface area contributed by atoms with E-state index in [9.17, 15) is 8.42 Å². The van der Waals surface area contributed by atoms with Crippen LogP contribution in [0.1, 0.15) is 0 Å². The molecule has 0 fully saturated rings. The van der Waals surface area contributed by atoms with Crippen LogP contribution in [0.15, 0.2) is 53.4 Å². The van der Waals surface area contributed by atoms with E-state index in [4.69, 9.17) is 10.9 Å². The number of primary sulfonamides is 1. The van der Waals surface area contributed by atoms with E-state index in [1.54, 1.807) is 12.1 Å². The minimum absolute atomic E-state index is 0.0236. The summed E-state index contributed by atoms with van der Waals surface area (Å²) in [7, 11) is -3.73. The second-order valence-corrected chi connectivity index (χ2v) is 7.93. The summed E-state index contributed by atoms with van der Waals surface area (Å²) in [5, 5.41) is 13.0. The zero-order chi connectivity index (χ0) is 18.3. The number of benzene rings is 2. The SMILES string of the molecule is Nc1nc(Nc2ccc(S(N)(=O)=O)cc2)nn1-c1nc2ccccc2s1. The van der Waals surface area contributed by atoms with Crippen molar-refractivity contribution < 1.29 is 8.42 Å². The van der Waals surface area contributed by atoms with Gasteiger partial charge in [-0.1, -0.05) is 23.5 Å². The third-order valence-electron chi connectivity index (χ3n) is 3.53. The number of sulfonamides is 1. The smallest absolute Gasteiger partial charge is 0.248 e. The Bertz CT molecular complexity index is 1160. The maximum absolute atomic E-state index is 11.3. The van der Waals surface area contributed by atoms with Crippen LogP contribution < -0.4 is 16.2 Å². The molecule has 0 aliphatic carbocycles. The van der Waals surface area contributed by atoms with E-state index < -0.39 is 10.0 Å². The Kier molecular flexibility index (Phi) is 3.83. The summed E-state index contributed by atoms with van der Waals surface area (Å²) in [6.45, 7) is 0. The molecule has 11 heteroatoms. The normalized spacial score (nSPS) is 11.7. The van der Waals surface area contributed by atoms with Crippen LogP contribution in [0, 0.1) is 0 Å². The average molecular weight is 387 g/mol. The standard InChI is InChI=1S/C15H13N7O2S2/c16-13-20-14(18-9-5-7-10(8-6-9)26(17,23)24)21-22(13)15-19-11-3-1-2-4-12(11)25-15/h1-8H,(H2,17,23,24)(H3,16,18,20,21). The zero-order valence-corrected chi connectivity index (χ0v) is 14.8.